The Balaban J connectivity index is 3.19. The fraction of sp³-hybridized carbons (Fsp3) is 0.333. The van der Waals surface area contributed by atoms with Gasteiger partial charge in [0, 0.05) is 12.6 Å². The smallest absolute Gasteiger partial charge is 0.492 e. The average Bonchev–Trinajstić information content (AvgIpc) is 2.17. The van der Waals surface area contributed by atoms with Gasteiger partial charge in [0.1, 0.15) is 0 Å². The van der Waals surface area contributed by atoms with E-state index in [4.69, 9.17) is 19.5 Å². The van der Waals surface area contributed by atoms with Gasteiger partial charge >= 0.3 is 7.12 Å². The van der Waals surface area contributed by atoms with Gasteiger partial charge in [0.05, 0.1) is 13.7 Å². The first-order valence-corrected chi connectivity index (χ1v) is 4.31. The van der Waals surface area contributed by atoms with Gasteiger partial charge in [-0.05, 0) is 11.6 Å². The van der Waals surface area contributed by atoms with Crippen molar-refractivity contribution in [3.8, 4) is 5.75 Å². The Morgan fingerprint density at radius 2 is 2.00 bits per heavy atom. The van der Waals surface area contributed by atoms with Crippen LogP contribution in [0.15, 0.2) is 12.1 Å². The second-order valence-corrected chi connectivity index (χ2v) is 3.01. The van der Waals surface area contributed by atoms with Crippen molar-refractivity contribution in [2.45, 2.75) is 6.61 Å². The lowest BCUT2D eigenvalue weighted by molar-refractivity contribution is 0.184. The van der Waals surface area contributed by atoms with Gasteiger partial charge in [-0.15, -0.1) is 0 Å². The van der Waals surface area contributed by atoms with Crippen LogP contribution < -0.4 is 10.2 Å². The number of methoxy groups -OCH3 is 2. The molecule has 0 saturated carbocycles. The maximum Gasteiger partial charge on any atom is 0.492 e. The maximum absolute atomic E-state index is 13.4. The van der Waals surface area contributed by atoms with E-state index in [0.717, 1.165) is 0 Å². The van der Waals surface area contributed by atoms with Crippen LogP contribution in [0.2, 0.25) is 0 Å². The number of halogens is 1. The van der Waals surface area contributed by atoms with Crippen LogP contribution in [-0.2, 0) is 11.3 Å². The number of rotatable bonds is 4. The third kappa shape index (κ3) is 2.68. The molecule has 0 aliphatic rings. The van der Waals surface area contributed by atoms with Crippen LogP contribution in [0.5, 0.6) is 5.75 Å². The van der Waals surface area contributed by atoms with Gasteiger partial charge in [-0.2, -0.15) is 0 Å². The zero-order chi connectivity index (χ0) is 11.4. The molecule has 6 heteroatoms. The van der Waals surface area contributed by atoms with E-state index in [1.54, 1.807) is 0 Å². The normalized spacial score (nSPS) is 10.2. The van der Waals surface area contributed by atoms with Gasteiger partial charge in [0.25, 0.3) is 0 Å². The van der Waals surface area contributed by atoms with E-state index >= 15 is 0 Å². The predicted molar refractivity (Wildman–Crippen MR) is 53.5 cm³/mol. The molecule has 0 saturated heterocycles. The van der Waals surface area contributed by atoms with Gasteiger partial charge in [-0.25, -0.2) is 4.39 Å². The van der Waals surface area contributed by atoms with Crippen LogP contribution in [0.1, 0.15) is 5.56 Å². The second kappa shape index (κ2) is 5.11. The SMILES string of the molecule is COCc1cc(F)c(OC)c(B(O)O)c1. The largest absolute Gasteiger partial charge is 0.494 e. The Hall–Kier alpha value is -1.11. The molecule has 0 amide bonds. The van der Waals surface area contributed by atoms with Crippen molar-refractivity contribution in [1.29, 1.82) is 0 Å². The molecular weight excluding hydrogens is 202 g/mol. The molecule has 0 atom stereocenters. The minimum atomic E-state index is -1.77. The van der Waals surface area contributed by atoms with Crippen LogP contribution in [0.25, 0.3) is 0 Å². The average molecular weight is 214 g/mol. The molecule has 0 fully saturated rings. The summed E-state index contributed by atoms with van der Waals surface area (Å²) in [5.74, 6) is -0.806. The lowest BCUT2D eigenvalue weighted by Crippen LogP contribution is -2.32. The fourth-order valence-corrected chi connectivity index (χ4v) is 1.33. The minimum Gasteiger partial charge on any atom is -0.494 e. The molecule has 0 aliphatic carbocycles. The molecule has 1 rings (SSSR count). The third-order valence-electron chi connectivity index (χ3n) is 1.93. The Kier molecular flexibility index (Phi) is 4.08. The lowest BCUT2D eigenvalue weighted by Gasteiger charge is -2.11. The van der Waals surface area contributed by atoms with Crippen molar-refractivity contribution < 1.29 is 23.9 Å². The molecule has 0 heterocycles. The van der Waals surface area contributed by atoms with Gasteiger partial charge in [0.2, 0.25) is 0 Å². The Morgan fingerprint density at radius 3 is 2.47 bits per heavy atom. The van der Waals surface area contributed by atoms with Crippen molar-refractivity contribution in [3.63, 3.8) is 0 Å². The van der Waals surface area contributed by atoms with Crippen molar-refractivity contribution in [3.05, 3.63) is 23.5 Å². The molecule has 2 N–H and O–H groups in total. The monoisotopic (exact) mass is 214 g/mol. The molecular formula is C9H12BFO4. The Labute approximate surface area is 87.4 Å². The van der Waals surface area contributed by atoms with E-state index in [1.165, 1.54) is 26.4 Å². The number of hydrogen-bond donors (Lipinski definition) is 2. The topological polar surface area (TPSA) is 58.9 Å². The van der Waals surface area contributed by atoms with E-state index in [-0.39, 0.29) is 17.8 Å². The molecule has 0 aromatic heterocycles. The molecule has 0 unspecified atom stereocenters. The molecule has 1 aromatic carbocycles. The van der Waals surface area contributed by atoms with Gasteiger partial charge < -0.3 is 19.5 Å². The summed E-state index contributed by atoms with van der Waals surface area (Å²) < 4.78 is 22.9. The van der Waals surface area contributed by atoms with Crippen molar-refractivity contribution in [1.82, 2.24) is 0 Å². The van der Waals surface area contributed by atoms with Crippen molar-refractivity contribution >= 4 is 12.6 Å². The standard InChI is InChI=1S/C9H12BFO4/c1-14-5-6-3-7(10(12)13)9(15-2)8(11)4-6/h3-4,12-13H,5H2,1-2H3. The van der Waals surface area contributed by atoms with E-state index < -0.39 is 12.9 Å². The number of ether oxygens (including phenoxy) is 2. The van der Waals surface area contributed by atoms with Crippen LogP contribution in [-0.4, -0.2) is 31.4 Å². The highest BCUT2D eigenvalue weighted by Crippen LogP contribution is 2.16. The van der Waals surface area contributed by atoms with E-state index in [9.17, 15) is 4.39 Å². The Morgan fingerprint density at radius 1 is 1.33 bits per heavy atom. The summed E-state index contributed by atoms with van der Waals surface area (Å²) in [6.45, 7) is 0.195. The highest BCUT2D eigenvalue weighted by atomic mass is 19.1. The summed E-state index contributed by atoms with van der Waals surface area (Å²) in [6, 6.07) is 2.66. The molecule has 1 aromatic rings. The first kappa shape index (κ1) is 12.0. The molecule has 0 bridgehead atoms. The summed E-state index contributed by atoms with van der Waals surface area (Å²) in [6.07, 6.45) is 0. The predicted octanol–water partition coefficient (Wildman–Crippen LogP) is -0.340. The molecule has 0 aliphatic heterocycles. The first-order valence-electron chi connectivity index (χ1n) is 4.31. The number of benzene rings is 1. The maximum atomic E-state index is 13.4. The summed E-state index contributed by atoms with van der Waals surface area (Å²) in [4.78, 5) is 0. The summed E-state index contributed by atoms with van der Waals surface area (Å²) in [5.41, 5.74) is 0.503. The van der Waals surface area contributed by atoms with E-state index in [0.29, 0.717) is 5.56 Å². The van der Waals surface area contributed by atoms with Crippen molar-refractivity contribution in [2.75, 3.05) is 14.2 Å². The molecule has 4 nitrogen and oxygen atoms in total. The van der Waals surface area contributed by atoms with Gasteiger partial charge in [-0.1, -0.05) is 6.07 Å². The van der Waals surface area contributed by atoms with E-state index in [1.807, 2.05) is 0 Å². The first-order chi connectivity index (χ1) is 7.10. The summed E-state index contributed by atoms with van der Waals surface area (Å²) in [5, 5.41) is 18.0. The summed E-state index contributed by atoms with van der Waals surface area (Å²) in [7, 11) is 0.962. The van der Waals surface area contributed by atoms with Crippen LogP contribution in [0.3, 0.4) is 0 Å². The highest BCUT2D eigenvalue weighted by Gasteiger charge is 2.21. The zero-order valence-corrected chi connectivity index (χ0v) is 8.53. The van der Waals surface area contributed by atoms with Crippen molar-refractivity contribution in [2.24, 2.45) is 0 Å². The molecule has 0 spiro atoms. The van der Waals surface area contributed by atoms with Gasteiger partial charge in [0.15, 0.2) is 11.6 Å². The van der Waals surface area contributed by atoms with Crippen LogP contribution >= 0.6 is 0 Å². The van der Waals surface area contributed by atoms with Crippen LogP contribution in [0, 0.1) is 5.82 Å². The third-order valence-corrected chi connectivity index (χ3v) is 1.93. The lowest BCUT2D eigenvalue weighted by atomic mass is 9.78. The van der Waals surface area contributed by atoms with Gasteiger partial charge in [-0.3, -0.25) is 0 Å². The molecule has 15 heavy (non-hydrogen) atoms. The zero-order valence-electron chi connectivity index (χ0n) is 8.53. The second-order valence-electron chi connectivity index (χ2n) is 3.01. The van der Waals surface area contributed by atoms with Crippen LogP contribution in [0.4, 0.5) is 4.39 Å². The molecule has 0 radical (unpaired) electrons. The summed E-state index contributed by atoms with van der Waals surface area (Å²) >= 11 is 0. The fourth-order valence-electron chi connectivity index (χ4n) is 1.33. The number of hydrogen-bond acceptors (Lipinski definition) is 4. The highest BCUT2D eigenvalue weighted by molar-refractivity contribution is 6.59. The van der Waals surface area contributed by atoms with E-state index in [2.05, 4.69) is 0 Å². The Bertz CT molecular complexity index is 343. The molecule has 82 valence electrons. The minimum absolute atomic E-state index is 0.00968. The quantitative estimate of drug-likeness (QED) is 0.673.